The Morgan fingerprint density at radius 1 is 1.24 bits per heavy atom. The lowest BCUT2D eigenvalue weighted by Gasteiger charge is -2.34. The van der Waals surface area contributed by atoms with Gasteiger partial charge < -0.3 is 10.2 Å². The van der Waals surface area contributed by atoms with Crippen LogP contribution in [0.5, 0.6) is 0 Å². The van der Waals surface area contributed by atoms with E-state index in [1.807, 2.05) is 6.20 Å². The molecular weight excluding hydrogens is 284 g/mol. The number of para-hydroxylation sites is 1. The highest BCUT2D eigenvalue weighted by molar-refractivity contribution is 5.85. The largest absolute Gasteiger partial charge is 0.371 e. The lowest BCUT2D eigenvalue weighted by molar-refractivity contribution is 0.414. The second-order valence-corrected chi connectivity index (χ2v) is 5.50. The van der Waals surface area contributed by atoms with Crippen LogP contribution in [-0.2, 0) is 6.54 Å². The molecule has 0 unspecified atom stereocenters. The van der Waals surface area contributed by atoms with E-state index in [4.69, 9.17) is 0 Å². The van der Waals surface area contributed by atoms with E-state index in [-0.39, 0.29) is 12.4 Å². The summed E-state index contributed by atoms with van der Waals surface area (Å²) in [6.45, 7) is 5.25. The van der Waals surface area contributed by atoms with Gasteiger partial charge in [0.15, 0.2) is 0 Å². The number of nitrogens with zero attached hydrogens (tertiary/aromatic N) is 2. The maximum Gasteiger partial charge on any atom is 0.0535 e. The Bertz CT molecular complexity index is 532. The van der Waals surface area contributed by atoms with Gasteiger partial charge in [-0.3, -0.25) is 5.10 Å². The lowest BCUT2D eigenvalue weighted by Crippen LogP contribution is -2.42. The fourth-order valence-electron chi connectivity index (χ4n) is 2.79. The Hall–Kier alpha value is -1.52. The van der Waals surface area contributed by atoms with Crippen molar-refractivity contribution in [2.75, 3.05) is 18.0 Å². The van der Waals surface area contributed by atoms with Crippen LogP contribution in [-0.4, -0.2) is 29.3 Å². The molecule has 21 heavy (non-hydrogen) atoms. The van der Waals surface area contributed by atoms with Crippen molar-refractivity contribution in [3.63, 3.8) is 0 Å². The standard InChI is InChI=1S/C16H22N4.ClH/c1-13-14(12-18-19-13)11-17-15-7-9-20(10-8-15)16-5-3-2-4-6-16;/h2-6,12,15,17H,7-11H2,1H3,(H,18,19);1H. The molecule has 1 aromatic heterocycles. The highest BCUT2D eigenvalue weighted by Crippen LogP contribution is 2.19. The van der Waals surface area contributed by atoms with Gasteiger partial charge >= 0.3 is 0 Å². The molecular formula is C16H23ClN4. The molecule has 3 rings (SSSR count). The van der Waals surface area contributed by atoms with Gasteiger partial charge in [0.05, 0.1) is 6.20 Å². The molecule has 4 nitrogen and oxygen atoms in total. The minimum atomic E-state index is 0. The first-order valence-corrected chi connectivity index (χ1v) is 7.35. The van der Waals surface area contributed by atoms with E-state index < -0.39 is 0 Å². The summed E-state index contributed by atoms with van der Waals surface area (Å²) in [6.07, 6.45) is 4.32. The predicted molar refractivity (Wildman–Crippen MR) is 89.1 cm³/mol. The van der Waals surface area contributed by atoms with Crippen molar-refractivity contribution in [1.29, 1.82) is 0 Å². The SMILES string of the molecule is Cc1[nH]ncc1CNC1CCN(c2ccccc2)CC1.Cl. The van der Waals surface area contributed by atoms with E-state index in [1.54, 1.807) is 0 Å². The zero-order valence-electron chi connectivity index (χ0n) is 12.4. The molecule has 2 heterocycles. The zero-order valence-corrected chi connectivity index (χ0v) is 13.2. The Labute approximate surface area is 132 Å². The molecule has 1 aromatic carbocycles. The minimum Gasteiger partial charge on any atom is -0.371 e. The number of H-pyrrole nitrogens is 1. The number of benzene rings is 1. The summed E-state index contributed by atoms with van der Waals surface area (Å²) in [4.78, 5) is 2.47. The Balaban J connectivity index is 0.00000161. The van der Waals surface area contributed by atoms with Crippen molar-refractivity contribution in [1.82, 2.24) is 15.5 Å². The summed E-state index contributed by atoms with van der Waals surface area (Å²) >= 11 is 0. The molecule has 2 N–H and O–H groups in total. The van der Waals surface area contributed by atoms with Crippen LogP contribution < -0.4 is 10.2 Å². The molecule has 1 aliphatic heterocycles. The lowest BCUT2D eigenvalue weighted by atomic mass is 10.0. The van der Waals surface area contributed by atoms with Crippen molar-refractivity contribution in [2.45, 2.75) is 32.4 Å². The molecule has 1 fully saturated rings. The molecule has 0 atom stereocenters. The van der Waals surface area contributed by atoms with Crippen LogP contribution in [0.2, 0.25) is 0 Å². The van der Waals surface area contributed by atoms with Crippen molar-refractivity contribution in [3.8, 4) is 0 Å². The molecule has 0 spiro atoms. The molecule has 0 radical (unpaired) electrons. The molecule has 5 heteroatoms. The zero-order chi connectivity index (χ0) is 13.8. The van der Waals surface area contributed by atoms with Crippen LogP contribution >= 0.6 is 12.4 Å². The maximum atomic E-state index is 4.06. The molecule has 0 saturated carbocycles. The third kappa shape index (κ3) is 3.99. The summed E-state index contributed by atoms with van der Waals surface area (Å²) in [5.74, 6) is 0. The van der Waals surface area contributed by atoms with E-state index in [0.717, 1.165) is 19.6 Å². The molecule has 2 aromatic rings. The smallest absolute Gasteiger partial charge is 0.0535 e. The monoisotopic (exact) mass is 306 g/mol. The number of halogens is 1. The summed E-state index contributed by atoms with van der Waals surface area (Å²) in [6, 6.07) is 11.3. The first-order valence-electron chi connectivity index (χ1n) is 7.35. The molecule has 114 valence electrons. The van der Waals surface area contributed by atoms with Gasteiger partial charge in [0.1, 0.15) is 0 Å². The van der Waals surface area contributed by atoms with Gasteiger partial charge in [-0.25, -0.2) is 0 Å². The normalized spacial score (nSPS) is 15.8. The van der Waals surface area contributed by atoms with Crippen LogP contribution in [0.15, 0.2) is 36.5 Å². The number of aromatic amines is 1. The van der Waals surface area contributed by atoms with Gasteiger partial charge in [-0.1, -0.05) is 18.2 Å². The third-order valence-corrected chi connectivity index (χ3v) is 4.13. The third-order valence-electron chi connectivity index (χ3n) is 4.13. The number of nitrogens with one attached hydrogen (secondary N) is 2. The first-order chi connectivity index (χ1) is 9.83. The second kappa shape index (κ2) is 7.48. The van der Waals surface area contributed by atoms with Crippen LogP contribution in [0.1, 0.15) is 24.1 Å². The fraction of sp³-hybridized carbons (Fsp3) is 0.438. The van der Waals surface area contributed by atoms with Crippen molar-refractivity contribution < 1.29 is 0 Å². The number of hydrogen-bond donors (Lipinski definition) is 2. The molecule has 1 saturated heterocycles. The Morgan fingerprint density at radius 3 is 2.57 bits per heavy atom. The average Bonchev–Trinajstić information content (AvgIpc) is 2.92. The molecule has 0 aliphatic carbocycles. The van der Waals surface area contributed by atoms with E-state index in [2.05, 4.69) is 57.7 Å². The number of rotatable bonds is 4. The van der Waals surface area contributed by atoms with Gasteiger partial charge in [-0.15, -0.1) is 12.4 Å². The van der Waals surface area contributed by atoms with Crippen LogP contribution in [0.4, 0.5) is 5.69 Å². The first kappa shape index (κ1) is 15.9. The van der Waals surface area contributed by atoms with Crippen LogP contribution in [0.25, 0.3) is 0 Å². The maximum absolute atomic E-state index is 4.06. The Kier molecular flexibility index (Phi) is 5.65. The van der Waals surface area contributed by atoms with Gasteiger partial charge in [0.2, 0.25) is 0 Å². The molecule has 1 aliphatic rings. The average molecular weight is 307 g/mol. The summed E-state index contributed by atoms with van der Waals surface area (Å²) < 4.78 is 0. The van der Waals surface area contributed by atoms with Gasteiger partial charge in [0, 0.05) is 42.6 Å². The van der Waals surface area contributed by atoms with E-state index in [9.17, 15) is 0 Å². The molecule has 0 bridgehead atoms. The van der Waals surface area contributed by atoms with Crippen molar-refractivity contribution >= 4 is 18.1 Å². The predicted octanol–water partition coefficient (Wildman–Crippen LogP) is 2.90. The Morgan fingerprint density at radius 2 is 1.95 bits per heavy atom. The minimum absolute atomic E-state index is 0. The highest BCUT2D eigenvalue weighted by atomic mass is 35.5. The number of aryl methyl sites for hydroxylation is 1. The van der Waals surface area contributed by atoms with Gasteiger partial charge in [-0.05, 0) is 31.9 Å². The van der Waals surface area contributed by atoms with Crippen LogP contribution in [0.3, 0.4) is 0 Å². The quantitative estimate of drug-likeness (QED) is 0.913. The number of hydrogen-bond acceptors (Lipinski definition) is 3. The summed E-state index contributed by atoms with van der Waals surface area (Å²) in [7, 11) is 0. The summed E-state index contributed by atoms with van der Waals surface area (Å²) in [5, 5.41) is 10.7. The van der Waals surface area contributed by atoms with Crippen LogP contribution in [0, 0.1) is 6.92 Å². The second-order valence-electron chi connectivity index (χ2n) is 5.50. The van der Waals surface area contributed by atoms with E-state index in [0.29, 0.717) is 6.04 Å². The number of anilines is 1. The fourth-order valence-corrected chi connectivity index (χ4v) is 2.79. The number of piperidine rings is 1. The van der Waals surface area contributed by atoms with Gasteiger partial charge in [0.25, 0.3) is 0 Å². The van der Waals surface area contributed by atoms with Gasteiger partial charge in [-0.2, -0.15) is 5.10 Å². The van der Waals surface area contributed by atoms with Crippen molar-refractivity contribution in [2.24, 2.45) is 0 Å². The topological polar surface area (TPSA) is 44.0 Å². The van der Waals surface area contributed by atoms with Crippen molar-refractivity contribution in [3.05, 3.63) is 47.8 Å². The summed E-state index contributed by atoms with van der Waals surface area (Å²) in [5.41, 5.74) is 3.78. The molecule has 0 amide bonds. The van der Waals surface area contributed by atoms with E-state index in [1.165, 1.54) is 29.8 Å². The number of aromatic nitrogens is 2. The van der Waals surface area contributed by atoms with E-state index >= 15 is 0 Å². The highest BCUT2D eigenvalue weighted by Gasteiger charge is 2.19.